The van der Waals surface area contributed by atoms with Crippen molar-refractivity contribution in [2.24, 2.45) is 0 Å². The number of hydrogen-bond donors (Lipinski definition) is 1. The Morgan fingerprint density at radius 2 is 2.00 bits per heavy atom. The van der Waals surface area contributed by atoms with Crippen LogP contribution in [-0.4, -0.2) is 12.0 Å². The van der Waals surface area contributed by atoms with Gasteiger partial charge in [0.15, 0.2) is 0 Å². The second kappa shape index (κ2) is 5.43. The fourth-order valence-corrected chi connectivity index (χ4v) is 3.13. The first kappa shape index (κ1) is 12.3. The highest BCUT2D eigenvalue weighted by atomic mass is 32.1. The minimum atomic E-state index is 0.209. The molecule has 1 aromatic carbocycles. The fraction of sp³-hybridized carbons (Fsp3) is 0.357. The van der Waals surface area contributed by atoms with Gasteiger partial charge in [0.2, 0.25) is 0 Å². The minimum Gasteiger partial charge on any atom is -0.307 e. The van der Waals surface area contributed by atoms with Gasteiger partial charge >= 0.3 is 0 Å². The molecule has 90 valence electrons. The van der Waals surface area contributed by atoms with Gasteiger partial charge in [0.1, 0.15) is 5.01 Å². The zero-order valence-corrected chi connectivity index (χ0v) is 11.3. The number of rotatable bonds is 4. The van der Waals surface area contributed by atoms with Gasteiger partial charge in [0.05, 0.1) is 11.7 Å². The van der Waals surface area contributed by atoms with Gasteiger partial charge in [-0.3, -0.25) is 0 Å². The maximum atomic E-state index is 4.73. The third-order valence-electron chi connectivity index (χ3n) is 2.91. The van der Waals surface area contributed by atoms with E-state index in [0.717, 1.165) is 11.4 Å². The lowest BCUT2D eigenvalue weighted by Crippen LogP contribution is -2.17. The maximum Gasteiger partial charge on any atom is 0.115 e. The number of nitrogens with one attached hydrogen (secondary N) is 1. The summed E-state index contributed by atoms with van der Waals surface area (Å²) >= 11 is 1.79. The summed E-state index contributed by atoms with van der Waals surface area (Å²) < 4.78 is 0. The quantitative estimate of drug-likeness (QED) is 0.895. The van der Waals surface area contributed by atoms with Crippen molar-refractivity contribution in [1.29, 1.82) is 0 Å². The second-order valence-electron chi connectivity index (χ2n) is 4.04. The number of benzene rings is 1. The topological polar surface area (TPSA) is 24.9 Å². The highest BCUT2D eigenvalue weighted by Crippen LogP contribution is 2.27. The van der Waals surface area contributed by atoms with Crippen molar-refractivity contribution in [2.45, 2.75) is 26.3 Å². The van der Waals surface area contributed by atoms with Crippen molar-refractivity contribution in [3.63, 3.8) is 0 Å². The van der Waals surface area contributed by atoms with Crippen LogP contribution >= 0.6 is 11.3 Å². The zero-order valence-electron chi connectivity index (χ0n) is 10.5. The van der Waals surface area contributed by atoms with E-state index in [0.29, 0.717) is 0 Å². The van der Waals surface area contributed by atoms with E-state index in [1.165, 1.54) is 16.1 Å². The Morgan fingerprint density at radius 3 is 2.53 bits per heavy atom. The van der Waals surface area contributed by atoms with Gasteiger partial charge in [-0.1, -0.05) is 37.3 Å². The first-order valence-corrected chi connectivity index (χ1v) is 6.76. The molecule has 0 fully saturated rings. The van der Waals surface area contributed by atoms with Crippen molar-refractivity contribution in [3.8, 4) is 0 Å². The van der Waals surface area contributed by atoms with E-state index in [9.17, 15) is 0 Å². The Bertz CT molecular complexity index is 476. The third-order valence-corrected chi connectivity index (χ3v) is 3.99. The van der Waals surface area contributed by atoms with E-state index in [1.807, 2.05) is 13.1 Å². The van der Waals surface area contributed by atoms with Gasteiger partial charge in [0, 0.05) is 4.88 Å². The Kier molecular flexibility index (Phi) is 3.92. The predicted octanol–water partition coefficient (Wildman–Crippen LogP) is 3.32. The van der Waals surface area contributed by atoms with E-state index in [4.69, 9.17) is 4.98 Å². The highest BCUT2D eigenvalue weighted by molar-refractivity contribution is 7.11. The molecule has 1 atom stereocenters. The summed E-state index contributed by atoms with van der Waals surface area (Å²) in [5.41, 5.74) is 2.49. The molecule has 0 amide bonds. The van der Waals surface area contributed by atoms with Crippen LogP contribution in [0.3, 0.4) is 0 Å². The molecule has 2 nitrogen and oxygen atoms in total. The van der Waals surface area contributed by atoms with Crippen LogP contribution in [0.25, 0.3) is 0 Å². The molecule has 1 unspecified atom stereocenters. The largest absolute Gasteiger partial charge is 0.307 e. The smallest absolute Gasteiger partial charge is 0.115 e. The van der Waals surface area contributed by atoms with Crippen LogP contribution in [0.4, 0.5) is 0 Å². The Hall–Kier alpha value is -1.19. The summed E-state index contributed by atoms with van der Waals surface area (Å²) in [4.78, 5) is 6.06. The number of hydrogen-bond acceptors (Lipinski definition) is 3. The maximum absolute atomic E-state index is 4.73. The normalized spacial score (nSPS) is 12.6. The summed E-state index contributed by atoms with van der Waals surface area (Å²) in [6.45, 7) is 4.31. The molecule has 0 saturated heterocycles. The molecule has 1 heterocycles. The molecule has 0 aliphatic rings. The van der Waals surface area contributed by atoms with Crippen molar-refractivity contribution < 1.29 is 0 Å². The van der Waals surface area contributed by atoms with Crippen LogP contribution in [0.15, 0.2) is 30.3 Å². The Balaban J connectivity index is 2.35. The van der Waals surface area contributed by atoms with E-state index in [-0.39, 0.29) is 6.04 Å². The summed E-state index contributed by atoms with van der Waals surface area (Å²) in [5, 5.41) is 4.51. The average Bonchev–Trinajstić information content (AvgIpc) is 2.73. The summed E-state index contributed by atoms with van der Waals surface area (Å²) in [5.74, 6) is 0. The summed E-state index contributed by atoms with van der Waals surface area (Å²) in [7, 11) is 1.99. The molecular formula is C14H18N2S. The van der Waals surface area contributed by atoms with Gasteiger partial charge in [-0.25, -0.2) is 4.98 Å². The zero-order chi connectivity index (χ0) is 12.3. The van der Waals surface area contributed by atoms with Crippen molar-refractivity contribution >= 4 is 11.3 Å². The first-order chi connectivity index (χ1) is 8.26. The van der Waals surface area contributed by atoms with Gasteiger partial charge in [-0.15, -0.1) is 11.3 Å². The van der Waals surface area contributed by atoms with E-state index >= 15 is 0 Å². The Labute approximate surface area is 107 Å². The minimum absolute atomic E-state index is 0.209. The lowest BCUT2D eigenvalue weighted by atomic mass is 10.1. The molecule has 0 radical (unpaired) electrons. The first-order valence-electron chi connectivity index (χ1n) is 5.94. The van der Waals surface area contributed by atoms with Gasteiger partial charge < -0.3 is 5.32 Å². The van der Waals surface area contributed by atoms with Crippen LogP contribution in [0, 0.1) is 6.92 Å². The molecule has 0 spiro atoms. The molecule has 0 saturated carbocycles. The summed E-state index contributed by atoms with van der Waals surface area (Å²) in [6.07, 6.45) is 1.01. The molecule has 1 N–H and O–H groups in total. The molecule has 0 aliphatic heterocycles. The predicted molar refractivity (Wildman–Crippen MR) is 73.6 cm³/mol. The monoisotopic (exact) mass is 246 g/mol. The third kappa shape index (κ3) is 2.56. The molecule has 2 rings (SSSR count). The number of thiazole rings is 1. The van der Waals surface area contributed by atoms with Gasteiger partial charge in [0.25, 0.3) is 0 Å². The second-order valence-corrected chi connectivity index (χ2v) is 5.28. The standard InChI is InChI=1S/C14H18N2S/c1-4-12-10(2)17-14(16-12)13(15-3)11-8-6-5-7-9-11/h5-9,13,15H,4H2,1-3H3. The number of aryl methyl sites for hydroxylation is 2. The molecule has 17 heavy (non-hydrogen) atoms. The number of nitrogens with zero attached hydrogens (tertiary/aromatic N) is 1. The lowest BCUT2D eigenvalue weighted by Gasteiger charge is -2.13. The van der Waals surface area contributed by atoms with Crippen LogP contribution in [0.5, 0.6) is 0 Å². The van der Waals surface area contributed by atoms with Crippen LogP contribution in [-0.2, 0) is 6.42 Å². The van der Waals surface area contributed by atoms with Crippen LogP contribution < -0.4 is 5.32 Å². The van der Waals surface area contributed by atoms with E-state index in [2.05, 4.69) is 43.4 Å². The molecule has 1 aromatic heterocycles. The highest BCUT2D eigenvalue weighted by Gasteiger charge is 2.16. The SMILES string of the molecule is CCc1nc(C(NC)c2ccccc2)sc1C. The van der Waals surface area contributed by atoms with Crippen LogP contribution in [0.2, 0.25) is 0 Å². The summed E-state index contributed by atoms with van der Waals surface area (Å²) in [6, 6.07) is 10.7. The Morgan fingerprint density at radius 1 is 1.29 bits per heavy atom. The number of aromatic nitrogens is 1. The van der Waals surface area contributed by atoms with Crippen LogP contribution in [0.1, 0.15) is 34.1 Å². The average molecular weight is 246 g/mol. The molecular weight excluding hydrogens is 228 g/mol. The fourth-order valence-electron chi connectivity index (χ4n) is 1.98. The lowest BCUT2D eigenvalue weighted by molar-refractivity contribution is 0.683. The molecule has 0 aliphatic carbocycles. The van der Waals surface area contributed by atoms with Crippen molar-refractivity contribution in [2.75, 3.05) is 7.05 Å². The van der Waals surface area contributed by atoms with Gasteiger partial charge in [-0.05, 0) is 26.0 Å². The molecule has 2 aromatic rings. The van der Waals surface area contributed by atoms with Gasteiger partial charge in [-0.2, -0.15) is 0 Å². The van der Waals surface area contributed by atoms with Crippen molar-refractivity contribution in [3.05, 3.63) is 51.5 Å². The van der Waals surface area contributed by atoms with E-state index in [1.54, 1.807) is 11.3 Å². The van der Waals surface area contributed by atoms with E-state index < -0.39 is 0 Å². The molecule has 3 heteroatoms. The molecule has 0 bridgehead atoms. The van der Waals surface area contributed by atoms with Crippen molar-refractivity contribution in [1.82, 2.24) is 10.3 Å².